The van der Waals surface area contributed by atoms with E-state index in [-0.39, 0.29) is 24.7 Å². The Hall–Kier alpha value is -4.08. The summed E-state index contributed by atoms with van der Waals surface area (Å²) in [6, 6.07) is 12.7. The second kappa shape index (κ2) is 10.7. The molecular formula is C24H29N7O3. The minimum atomic E-state index is -0.139. The smallest absolute Gasteiger partial charge is 0.321 e. The molecule has 0 unspecified atom stereocenters. The zero-order valence-electron chi connectivity index (χ0n) is 19.3. The highest BCUT2D eigenvalue weighted by Crippen LogP contribution is 2.27. The quantitative estimate of drug-likeness (QED) is 0.548. The fraction of sp³-hybridized carbons (Fsp3) is 0.333. The molecule has 0 spiro atoms. The highest BCUT2D eigenvalue weighted by molar-refractivity contribution is 5.89. The van der Waals surface area contributed by atoms with Crippen molar-refractivity contribution in [2.75, 3.05) is 42.1 Å². The molecule has 178 valence electrons. The number of piperazine rings is 1. The third-order valence-corrected chi connectivity index (χ3v) is 5.18. The van der Waals surface area contributed by atoms with E-state index in [1.807, 2.05) is 50.2 Å². The van der Waals surface area contributed by atoms with Gasteiger partial charge in [-0.3, -0.25) is 0 Å². The normalized spacial score (nSPS) is 13.6. The number of urea groups is 1. The maximum absolute atomic E-state index is 12.8. The van der Waals surface area contributed by atoms with E-state index in [4.69, 9.17) is 15.2 Å². The van der Waals surface area contributed by atoms with Gasteiger partial charge in [-0.15, -0.1) is 0 Å². The van der Waals surface area contributed by atoms with E-state index in [2.05, 4.69) is 25.2 Å². The minimum absolute atomic E-state index is 0.0681. The fourth-order valence-corrected chi connectivity index (χ4v) is 3.62. The van der Waals surface area contributed by atoms with Crippen molar-refractivity contribution in [2.45, 2.75) is 26.6 Å². The van der Waals surface area contributed by atoms with Gasteiger partial charge in [0, 0.05) is 50.3 Å². The number of anilines is 3. The fourth-order valence-electron chi connectivity index (χ4n) is 3.62. The lowest BCUT2D eigenvalue weighted by Gasteiger charge is -2.35. The number of nitrogens with zero attached hydrogens (tertiary/aromatic N) is 5. The predicted octanol–water partition coefficient (Wildman–Crippen LogP) is 3.17. The molecule has 10 nitrogen and oxygen atoms in total. The number of aromatic nitrogens is 3. The third-order valence-electron chi connectivity index (χ3n) is 5.18. The number of rotatable bonds is 7. The van der Waals surface area contributed by atoms with Gasteiger partial charge in [-0.25, -0.2) is 19.7 Å². The zero-order valence-corrected chi connectivity index (χ0v) is 19.3. The molecule has 0 aliphatic carbocycles. The SMILES string of the molecule is CC(C)Oc1cccc(NC(=O)N2CCN(c3ncccc3OCc3ccnc(N)n3)CC2)c1. The summed E-state index contributed by atoms with van der Waals surface area (Å²) in [5.74, 6) is 2.33. The van der Waals surface area contributed by atoms with Gasteiger partial charge in [0.15, 0.2) is 11.6 Å². The van der Waals surface area contributed by atoms with Gasteiger partial charge in [-0.2, -0.15) is 0 Å². The zero-order chi connectivity index (χ0) is 23.9. The number of nitrogen functional groups attached to an aromatic ring is 1. The molecule has 1 aliphatic rings. The van der Waals surface area contributed by atoms with Crippen molar-refractivity contribution in [3.63, 3.8) is 0 Å². The first-order chi connectivity index (χ1) is 16.5. The van der Waals surface area contributed by atoms with Crippen molar-refractivity contribution in [3.8, 4) is 11.5 Å². The summed E-state index contributed by atoms with van der Waals surface area (Å²) >= 11 is 0. The van der Waals surface area contributed by atoms with Crippen LogP contribution >= 0.6 is 0 Å². The van der Waals surface area contributed by atoms with Crippen LogP contribution in [-0.2, 0) is 6.61 Å². The summed E-state index contributed by atoms with van der Waals surface area (Å²) in [6.07, 6.45) is 3.40. The summed E-state index contributed by atoms with van der Waals surface area (Å²) < 4.78 is 11.7. The van der Waals surface area contributed by atoms with E-state index < -0.39 is 0 Å². The predicted molar refractivity (Wildman–Crippen MR) is 130 cm³/mol. The van der Waals surface area contributed by atoms with Gasteiger partial charge in [-0.05, 0) is 44.2 Å². The van der Waals surface area contributed by atoms with Gasteiger partial charge >= 0.3 is 6.03 Å². The second-order valence-electron chi connectivity index (χ2n) is 8.12. The number of carbonyl (C=O) groups is 1. The van der Waals surface area contributed by atoms with Crippen LogP contribution in [-0.4, -0.2) is 58.2 Å². The molecule has 4 rings (SSSR count). The van der Waals surface area contributed by atoms with Crippen molar-refractivity contribution in [1.82, 2.24) is 19.9 Å². The van der Waals surface area contributed by atoms with E-state index in [1.54, 1.807) is 23.4 Å². The van der Waals surface area contributed by atoms with Gasteiger partial charge in [0.1, 0.15) is 12.4 Å². The van der Waals surface area contributed by atoms with Crippen LogP contribution < -0.4 is 25.4 Å². The van der Waals surface area contributed by atoms with Crippen molar-refractivity contribution in [1.29, 1.82) is 0 Å². The van der Waals surface area contributed by atoms with E-state index in [1.165, 1.54) is 0 Å². The van der Waals surface area contributed by atoms with Crippen molar-refractivity contribution in [2.24, 2.45) is 0 Å². The first-order valence-electron chi connectivity index (χ1n) is 11.2. The number of nitrogens with one attached hydrogen (secondary N) is 1. The third kappa shape index (κ3) is 6.03. The average molecular weight is 464 g/mol. The minimum Gasteiger partial charge on any atom is -0.491 e. The molecule has 1 aliphatic heterocycles. The number of carbonyl (C=O) groups excluding carboxylic acids is 1. The van der Waals surface area contributed by atoms with Crippen LogP contribution in [0.3, 0.4) is 0 Å². The molecule has 10 heteroatoms. The maximum Gasteiger partial charge on any atom is 0.321 e. The number of ether oxygens (including phenoxy) is 2. The number of benzene rings is 1. The molecule has 3 heterocycles. The van der Waals surface area contributed by atoms with E-state index >= 15 is 0 Å². The second-order valence-corrected chi connectivity index (χ2v) is 8.12. The lowest BCUT2D eigenvalue weighted by molar-refractivity contribution is 0.207. The molecule has 2 amide bonds. The lowest BCUT2D eigenvalue weighted by Crippen LogP contribution is -2.50. The largest absolute Gasteiger partial charge is 0.491 e. The molecule has 1 fully saturated rings. The van der Waals surface area contributed by atoms with Gasteiger partial charge in [0.2, 0.25) is 5.95 Å². The van der Waals surface area contributed by atoms with Crippen molar-refractivity contribution >= 4 is 23.5 Å². The maximum atomic E-state index is 12.8. The standard InChI is InChI=1S/C24H29N7O3/c1-17(2)34-20-6-3-5-18(15-20)29-24(32)31-13-11-30(12-14-31)22-21(7-4-9-26-22)33-16-19-8-10-27-23(25)28-19/h3-10,15,17H,11-14,16H2,1-2H3,(H,29,32)(H2,25,27,28). The average Bonchev–Trinajstić information content (AvgIpc) is 2.83. The highest BCUT2D eigenvalue weighted by Gasteiger charge is 2.24. The molecule has 2 aromatic heterocycles. The molecule has 0 radical (unpaired) electrons. The summed E-state index contributed by atoms with van der Waals surface area (Å²) in [7, 11) is 0. The van der Waals surface area contributed by atoms with Gasteiger partial charge < -0.3 is 30.3 Å². The van der Waals surface area contributed by atoms with E-state index in [0.29, 0.717) is 43.3 Å². The monoisotopic (exact) mass is 463 g/mol. The Morgan fingerprint density at radius 2 is 1.91 bits per heavy atom. The van der Waals surface area contributed by atoms with Crippen LogP contribution in [0, 0.1) is 0 Å². The van der Waals surface area contributed by atoms with E-state index in [9.17, 15) is 4.79 Å². The molecular weight excluding hydrogens is 434 g/mol. The molecule has 1 aromatic carbocycles. The van der Waals surface area contributed by atoms with Gasteiger partial charge in [0.05, 0.1) is 11.8 Å². The van der Waals surface area contributed by atoms with Crippen molar-refractivity contribution in [3.05, 3.63) is 60.6 Å². The van der Waals surface area contributed by atoms with Crippen LogP contribution in [0.2, 0.25) is 0 Å². The van der Waals surface area contributed by atoms with Crippen LogP contribution in [0.4, 0.5) is 22.2 Å². The molecule has 1 saturated heterocycles. The van der Waals surface area contributed by atoms with E-state index in [0.717, 1.165) is 11.6 Å². The Kier molecular flexibility index (Phi) is 7.26. The van der Waals surface area contributed by atoms with Crippen LogP contribution in [0.1, 0.15) is 19.5 Å². The Balaban J connectivity index is 1.33. The Labute approximate surface area is 198 Å². The highest BCUT2D eigenvalue weighted by atomic mass is 16.5. The summed E-state index contributed by atoms with van der Waals surface area (Å²) in [5.41, 5.74) is 7.04. The molecule has 3 aromatic rings. The van der Waals surface area contributed by atoms with Gasteiger partial charge in [0.25, 0.3) is 0 Å². The van der Waals surface area contributed by atoms with Crippen LogP contribution in [0.5, 0.6) is 11.5 Å². The van der Waals surface area contributed by atoms with Crippen LogP contribution in [0.15, 0.2) is 54.9 Å². The molecule has 0 saturated carbocycles. The number of hydrogen-bond donors (Lipinski definition) is 2. The number of hydrogen-bond acceptors (Lipinski definition) is 8. The number of nitrogens with two attached hydrogens (primary N) is 1. The number of amides is 2. The topological polar surface area (TPSA) is 119 Å². The first-order valence-corrected chi connectivity index (χ1v) is 11.2. The van der Waals surface area contributed by atoms with Gasteiger partial charge in [-0.1, -0.05) is 6.07 Å². The first kappa shape index (κ1) is 23.1. The lowest BCUT2D eigenvalue weighted by atomic mass is 10.3. The Morgan fingerprint density at radius 1 is 1.09 bits per heavy atom. The molecule has 0 bridgehead atoms. The Morgan fingerprint density at radius 3 is 2.68 bits per heavy atom. The molecule has 3 N–H and O–H groups in total. The summed E-state index contributed by atoms with van der Waals surface area (Å²) in [5, 5.41) is 2.96. The Bertz CT molecular complexity index is 1120. The van der Waals surface area contributed by atoms with Crippen LogP contribution in [0.25, 0.3) is 0 Å². The number of pyridine rings is 1. The molecule has 34 heavy (non-hydrogen) atoms. The van der Waals surface area contributed by atoms with Crippen molar-refractivity contribution < 1.29 is 14.3 Å². The molecule has 0 atom stereocenters. The summed E-state index contributed by atoms with van der Waals surface area (Å²) in [6.45, 7) is 6.59. The summed E-state index contributed by atoms with van der Waals surface area (Å²) in [4.78, 5) is 29.3.